The molecule has 0 aliphatic carbocycles. The van der Waals surface area contributed by atoms with Gasteiger partial charge in [-0.1, -0.05) is 30.1 Å². The van der Waals surface area contributed by atoms with Gasteiger partial charge >= 0.3 is 5.97 Å². The average Bonchev–Trinajstić information content (AvgIpc) is 3.46. The summed E-state index contributed by atoms with van der Waals surface area (Å²) in [5, 5.41) is 0.623. The van der Waals surface area contributed by atoms with Gasteiger partial charge in [-0.15, -0.1) is 0 Å². The van der Waals surface area contributed by atoms with Crippen LogP contribution in [0.3, 0.4) is 0 Å². The first-order valence-corrected chi connectivity index (χ1v) is 14.1. The van der Waals surface area contributed by atoms with E-state index in [4.69, 9.17) is 18.6 Å². The zero-order valence-corrected chi connectivity index (χ0v) is 24.3. The van der Waals surface area contributed by atoms with Crippen molar-refractivity contribution >= 4 is 39.3 Å². The SMILES string of the molecule is C=CCOc1ccc(C2c3c(oc4cc(C)c(C)cc4c3=O)C(=O)N2c2nc(C)c(C(=O)OCC)s2)cc1OCC. The molecule has 0 N–H and O–H groups in total. The summed E-state index contributed by atoms with van der Waals surface area (Å²) in [4.78, 5) is 47.0. The Morgan fingerprint density at radius 1 is 1.07 bits per heavy atom. The van der Waals surface area contributed by atoms with Gasteiger partial charge in [-0.25, -0.2) is 9.78 Å². The molecule has 0 bridgehead atoms. The number of ether oxygens (including phenoxy) is 3. The van der Waals surface area contributed by atoms with Crippen LogP contribution in [0.15, 0.2) is 52.2 Å². The number of benzene rings is 2. The Morgan fingerprint density at radius 2 is 1.83 bits per heavy atom. The number of thiazole rings is 1. The van der Waals surface area contributed by atoms with Gasteiger partial charge in [0.15, 0.2) is 22.1 Å². The van der Waals surface area contributed by atoms with E-state index in [1.807, 2.05) is 20.8 Å². The molecule has 1 amide bonds. The fourth-order valence-electron chi connectivity index (χ4n) is 4.84. The highest BCUT2D eigenvalue weighted by Gasteiger charge is 2.45. The van der Waals surface area contributed by atoms with E-state index in [0.29, 0.717) is 40.3 Å². The van der Waals surface area contributed by atoms with Crippen LogP contribution in [0, 0.1) is 20.8 Å². The van der Waals surface area contributed by atoms with E-state index in [-0.39, 0.29) is 40.0 Å². The standard InChI is InChI=1S/C31H30N2O7S/c1-7-12-39-21-11-10-19(15-23(21)37-8-2)25-24-26(34)20-13-16(4)17(5)14-22(20)40-27(24)29(35)33(25)31-32-18(6)28(41-31)30(36)38-9-3/h7,10-11,13-15,25H,1,8-9,12H2,2-6H3. The predicted molar refractivity (Wildman–Crippen MR) is 157 cm³/mol. The maximum Gasteiger partial charge on any atom is 0.350 e. The van der Waals surface area contributed by atoms with Crippen molar-refractivity contribution in [3.63, 3.8) is 0 Å². The summed E-state index contributed by atoms with van der Waals surface area (Å²) in [6.07, 6.45) is 1.63. The molecule has 2 aromatic carbocycles. The molecule has 41 heavy (non-hydrogen) atoms. The smallest absolute Gasteiger partial charge is 0.350 e. The van der Waals surface area contributed by atoms with Gasteiger partial charge in [-0.3, -0.25) is 14.5 Å². The van der Waals surface area contributed by atoms with Crippen LogP contribution < -0.4 is 19.8 Å². The number of anilines is 1. The van der Waals surface area contributed by atoms with Crippen LogP contribution in [0.25, 0.3) is 11.0 Å². The third-order valence-electron chi connectivity index (χ3n) is 6.88. The second-order valence-corrected chi connectivity index (χ2v) is 10.5. The Labute approximate surface area is 241 Å². The van der Waals surface area contributed by atoms with E-state index in [2.05, 4.69) is 11.6 Å². The van der Waals surface area contributed by atoms with Gasteiger partial charge in [-0.2, -0.15) is 0 Å². The van der Waals surface area contributed by atoms with E-state index >= 15 is 0 Å². The van der Waals surface area contributed by atoms with Gasteiger partial charge in [0.25, 0.3) is 5.91 Å². The lowest BCUT2D eigenvalue weighted by molar-refractivity contribution is 0.0531. The molecule has 0 spiro atoms. The summed E-state index contributed by atoms with van der Waals surface area (Å²) >= 11 is 1.03. The monoisotopic (exact) mass is 574 g/mol. The predicted octanol–water partition coefficient (Wildman–Crippen LogP) is 6.06. The first kappa shape index (κ1) is 28.1. The van der Waals surface area contributed by atoms with E-state index in [0.717, 1.165) is 22.5 Å². The van der Waals surface area contributed by atoms with Crippen molar-refractivity contribution in [1.82, 2.24) is 4.98 Å². The molecule has 0 saturated carbocycles. The van der Waals surface area contributed by atoms with Crippen molar-refractivity contribution in [2.45, 2.75) is 40.7 Å². The third kappa shape index (κ3) is 4.88. The third-order valence-corrected chi connectivity index (χ3v) is 8.02. The quantitative estimate of drug-likeness (QED) is 0.175. The highest BCUT2D eigenvalue weighted by Crippen LogP contribution is 2.45. The fraction of sp³-hybridized carbons (Fsp3) is 0.290. The van der Waals surface area contributed by atoms with Gasteiger partial charge in [0, 0.05) is 0 Å². The molecule has 1 unspecified atom stereocenters. The zero-order chi connectivity index (χ0) is 29.4. The molecular weight excluding hydrogens is 544 g/mol. The van der Waals surface area contributed by atoms with Crippen molar-refractivity contribution < 1.29 is 28.2 Å². The second kappa shape index (κ2) is 11.2. The number of fused-ring (bicyclic) bond motifs is 2. The molecule has 4 aromatic rings. The Balaban J connectivity index is 1.75. The molecule has 0 fully saturated rings. The highest BCUT2D eigenvalue weighted by atomic mass is 32.1. The summed E-state index contributed by atoms with van der Waals surface area (Å²) in [6.45, 7) is 13.6. The molecule has 9 nitrogen and oxygen atoms in total. The molecule has 212 valence electrons. The number of hydrogen-bond donors (Lipinski definition) is 0. The van der Waals surface area contributed by atoms with Crippen LogP contribution in [0.2, 0.25) is 0 Å². The Kier molecular flexibility index (Phi) is 7.68. The van der Waals surface area contributed by atoms with Crippen LogP contribution >= 0.6 is 11.3 Å². The number of carbonyl (C=O) groups excluding carboxylic acids is 2. The minimum Gasteiger partial charge on any atom is -0.490 e. The molecule has 1 aliphatic rings. The van der Waals surface area contributed by atoms with Crippen LogP contribution in [0.5, 0.6) is 11.5 Å². The minimum absolute atomic E-state index is 0.0637. The Hall–Kier alpha value is -4.44. The van der Waals surface area contributed by atoms with Gasteiger partial charge in [0.1, 0.15) is 17.1 Å². The average molecular weight is 575 g/mol. The number of aromatic nitrogens is 1. The maximum atomic E-state index is 14.1. The van der Waals surface area contributed by atoms with Crippen molar-refractivity contribution in [1.29, 1.82) is 0 Å². The van der Waals surface area contributed by atoms with Crippen molar-refractivity contribution in [3.05, 3.63) is 91.8 Å². The second-order valence-electron chi connectivity index (χ2n) is 9.55. The Bertz CT molecular complexity index is 1750. The largest absolute Gasteiger partial charge is 0.490 e. The first-order chi connectivity index (χ1) is 19.7. The lowest BCUT2D eigenvalue weighted by Gasteiger charge is -2.23. The molecule has 0 saturated heterocycles. The number of rotatable bonds is 9. The number of hydrogen-bond acceptors (Lipinski definition) is 9. The van der Waals surface area contributed by atoms with Crippen molar-refractivity contribution in [3.8, 4) is 11.5 Å². The summed E-state index contributed by atoms with van der Waals surface area (Å²) in [5.74, 6) is -0.171. The van der Waals surface area contributed by atoms with E-state index in [1.165, 1.54) is 4.90 Å². The van der Waals surface area contributed by atoms with Crippen LogP contribution in [-0.4, -0.2) is 36.7 Å². The molecule has 10 heteroatoms. The van der Waals surface area contributed by atoms with E-state index < -0.39 is 17.9 Å². The molecule has 1 atom stereocenters. The topological polar surface area (TPSA) is 108 Å². The maximum absolute atomic E-state index is 14.1. The van der Waals surface area contributed by atoms with E-state index in [9.17, 15) is 14.4 Å². The number of carbonyl (C=O) groups is 2. The van der Waals surface area contributed by atoms with Gasteiger partial charge < -0.3 is 18.6 Å². The first-order valence-electron chi connectivity index (χ1n) is 13.3. The number of nitrogens with zero attached hydrogens (tertiary/aromatic N) is 2. The van der Waals surface area contributed by atoms with Crippen LogP contribution in [-0.2, 0) is 4.74 Å². The van der Waals surface area contributed by atoms with Crippen molar-refractivity contribution in [2.24, 2.45) is 0 Å². The number of aryl methyl sites for hydroxylation is 3. The molecular formula is C31H30N2O7S. The summed E-state index contributed by atoms with van der Waals surface area (Å²) < 4.78 is 23.0. The lowest BCUT2D eigenvalue weighted by atomic mass is 9.97. The zero-order valence-electron chi connectivity index (χ0n) is 23.5. The molecule has 1 aliphatic heterocycles. The number of amides is 1. The molecule has 5 rings (SSSR count). The van der Waals surface area contributed by atoms with Crippen LogP contribution in [0.1, 0.15) is 68.1 Å². The summed E-state index contributed by atoms with van der Waals surface area (Å²) in [7, 11) is 0. The van der Waals surface area contributed by atoms with Gasteiger partial charge in [0.2, 0.25) is 5.76 Å². The van der Waals surface area contributed by atoms with E-state index in [1.54, 1.807) is 50.3 Å². The summed E-state index contributed by atoms with van der Waals surface area (Å²) in [5.41, 5.74) is 3.09. The number of esters is 1. The highest BCUT2D eigenvalue weighted by molar-refractivity contribution is 7.17. The molecule has 0 radical (unpaired) electrons. The lowest BCUT2D eigenvalue weighted by Crippen LogP contribution is -2.29. The minimum atomic E-state index is -0.895. The van der Waals surface area contributed by atoms with Crippen molar-refractivity contribution in [2.75, 3.05) is 24.7 Å². The molecule has 3 heterocycles. The fourth-order valence-corrected chi connectivity index (χ4v) is 5.83. The normalized spacial score (nSPS) is 14.3. The Morgan fingerprint density at radius 3 is 2.54 bits per heavy atom. The molecule has 2 aromatic heterocycles. The van der Waals surface area contributed by atoms with Crippen LogP contribution in [0.4, 0.5) is 5.13 Å². The van der Waals surface area contributed by atoms with Gasteiger partial charge in [-0.05, 0) is 75.6 Å². The summed E-state index contributed by atoms with van der Waals surface area (Å²) in [6, 6.07) is 7.91. The van der Waals surface area contributed by atoms with Gasteiger partial charge in [0.05, 0.1) is 35.9 Å².